The first-order valence-electron chi connectivity index (χ1n) is 6.98. The highest BCUT2D eigenvalue weighted by Crippen LogP contribution is 2.15. The molecule has 0 aliphatic rings. The van der Waals surface area contributed by atoms with Crippen LogP contribution in [-0.2, 0) is 16.4 Å². The lowest BCUT2D eigenvalue weighted by Crippen LogP contribution is -2.25. The van der Waals surface area contributed by atoms with Gasteiger partial charge >= 0.3 is 0 Å². The van der Waals surface area contributed by atoms with Crippen LogP contribution in [0.2, 0.25) is 0 Å². The zero-order valence-electron chi connectivity index (χ0n) is 12.3. The average Bonchev–Trinajstić information content (AvgIpc) is 2.50. The lowest BCUT2D eigenvalue weighted by molar-refractivity contribution is 0.340. The minimum atomic E-state index is -3.46. The van der Waals surface area contributed by atoms with E-state index in [9.17, 15) is 8.42 Å². The maximum Gasteiger partial charge on any atom is 0.240 e. The fourth-order valence-corrected chi connectivity index (χ4v) is 3.24. The maximum absolute atomic E-state index is 12.1. The quantitative estimate of drug-likeness (QED) is 0.797. The average molecular weight is 384 g/mol. The first kappa shape index (κ1) is 17.0. The second kappa shape index (κ2) is 7.76. The van der Waals surface area contributed by atoms with E-state index in [4.69, 9.17) is 4.74 Å². The Morgan fingerprint density at radius 2 is 1.68 bits per heavy atom. The topological polar surface area (TPSA) is 55.4 Å². The highest BCUT2D eigenvalue weighted by atomic mass is 79.9. The van der Waals surface area contributed by atoms with Crippen LogP contribution >= 0.6 is 15.9 Å². The van der Waals surface area contributed by atoms with E-state index in [1.807, 2.05) is 31.2 Å². The lowest BCUT2D eigenvalue weighted by Gasteiger charge is -2.08. The SMILES string of the molecule is CCOc1ccc(CCNS(=O)(=O)c2ccc(Br)cc2)cc1. The Labute approximate surface area is 139 Å². The zero-order chi connectivity index (χ0) is 16.0. The molecule has 4 nitrogen and oxygen atoms in total. The Morgan fingerprint density at radius 3 is 2.27 bits per heavy atom. The van der Waals surface area contributed by atoms with E-state index in [1.165, 1.54) is 0 Å². The Kier molecular flexibility index (Phi) is 5.99. The number of halogens is 1. The van der Waals surface area contributed by atoms with Gasteiger partial charge in [-0.3, -0.25) is 0 Å². The molecule has 2 rings (SSSR count). The van der Waals surface area contributed by atoms with Gasteiger partial charge in [0, 0.05) is 11.0 Å². The number of rotatable bonds is 7. The molecule has 0 saturated carbocycles. The van der Waals surface area contributed by atoms with Gasteiger partial charge in [0.1, 0.15) is 5.75 Å². The minimum Gasteiger partial charge on any atom is -0.494 e. The fraction of sp³-hybridized carbons (Fsp3) is 0.250. The van der Waals surface area contributed by atoms with Gasteiger partial charge < -0.3 is 4.74 Å². The summed E-state index contributed by atoms with van der Waals surface area (Å²) in [5.41, 5.74) is 1.06. The van der Waals surface area contributed by atoms with Crippen molar-refractivity contribution < 1.29 is 13.2 Å². The molecule has 0 aromatic heterocycles. The summed E-state index contributed by atoms with van der Waals surface area (Å²) in [4.78, 5) is 0.266. The smallest absolute Gasteiger partial charge is 0.240 e. The van der Waals surface area contributed by atoms with E-state index in [0.29, 0.717) is 19.6 Å². The van der Waals surface area contributed by atoms with Crippen molar-refractivity contribution >= 4 is 26.0 Å². The third-order valence-corrected chi connectivity index (χ3v) is 5.07. The molecule has 2 aromatic carbocycles. The van der Waals surface area contributed by atoms with Crippen LogP contribution in [0.5, 0.6) is 5.75 Å². The molecule has 1 N–H and O–H groups in total. The molecule has 0 aliphatic carbocycles. The van der Waals surface area contributed by atoms with Gasteiger partial charge in [0.05, 0.1) is 11.5 Å². The molecule has 22 heavy (non-hydrogen) atoms. The number of benzene rings is 2. The largest absolute Gasteiger partial charge is 0.494 e. The van der Waals surface area contributed by atoms with Crippen LogP contribution < -0.4 is 9.46 Å². The molecule has 6 heteroatoms. The van der Waals surface area contributed by atoms with Crippen molar-refractivity contribution in [2.45, 2.75) is 18.2 Å². The normalized spacial score (nSPS) is 11.4. The number of nitrogens with one attached hydrogen (secondary N) is 1. The molecule has 0 saturated heterocycles. The maximum atomic E-state index is 12.1. The third kappa shape index (κ3) is 4.83. The molecular formula is C16H18BrNO3S. The summed E-state index contributed by atoms with van der Waals surface area (Å²) >= 11 is 3.29. The number of ether oxygens (including phenoxy) is 1. The molecule has 0 atom stereocenters. The summed E-state index contributed by atoms with van der Waals surface area (Å²) in [6.45, 7) is 2.92. The third-order valence-electron chi connectivity index (χ3n) is 3.06. The van der Waals surface area contributed by atoms with Crippen LogP contribution in [-0.4, -0.2) is 21.6 Å². The van der Waals surface area contributed by atoms with E-state index in [0.717, 1.165) is 15.8 Å². The Hall–Kier alpha value is -1.37. The lowest BCUT2D eigenvalue weighted by atomic mass is 10.1. The van der Waals surface area contributed by atoms with Gasteiger partial charge in [-0.05, 0) is 55.3 Å². The summed E-state index contributed by atoms with van der Waals surface area (Å²) in [7, 11) is -3.46. The first-order valence-corrected chi connectivity index (χ1v) is 9.26. The van der Waals surface area contributed by atoms with Crippen LogP contribution in [0.25, 0.3) is 0 Å². The molecule has 0 aliphatic heterocycles. The van der Waals surface area contributed by atoms with E-state index in [-0.39, 0.29) is 4.90 Å². The first-order chi connectivity index (χ1) is 10.5. The van der Waals surface area contributed by atoms with Crippen LogP contribution in [0.3, 0.4) is 0 Å². The minimum absolute atomic E-state index is 0.266. The van der Waals surface area contributed by atoms with Crippen LogP contribution in [0.4, 0.5) is 0 Å². The molecule has 0 spiro atoms. The van der Waals surface area contributed by atoms with Crippen molar-refractivity contribution in [2.75, 3.05) is 13.2 Å². The number of hydrogen-bond acceptors (Lipinski definition) is 3. The summed E-state index contributed by atoms with van der Waals surface area (Å²) in [5.74, 6) is 0.821. The van der Waals surface area contributed by atoms with Gasteiger partial charge in [-0.1, -0.05) is 28.1 Å². The van der Waals surface area contributed by atoms with Crippen molar-refractivity contribution in [2.24, 2.45) is 0 Å². The standard InChI is InChI=1S/C16H18BrNO3S/c1-2-21-15-7-3-13(4-8-15)11-12-18-22(19,20)16-9-5-14(17)6-10-16/h3-10,18H,2,11-12H2,1H3. The van der Waals surface area contributed by atoms with Crippen molar-refractivity contribution in [3.63, 3.8) is 0 Å². The Balaban J connectivity index is 1.91. The molecule has 0 radical (unpaired) electrons. The van der Waals surface area contributed by atoms with Crippen molar-refractivity contribution in [1.82, 2.24) is 4.72 Å². The van der Waals surface area contributed by atoms with Gasteiger partial charge in [-0.15, -0.1) is 0 Å². The summed E-state index contributed by atoms with van der Waals surface area (Å²) < 4.78 is 33.1. The summed E-state index contributed by atoms with van der Waals surface area (Å²) in [6, 6.07) is 14.2. The van der Waals surface area contributed by atoms with E-state index >= 15 is 0 Å². The van der Waals surface area contributed by atoms with E-state index in [1.54, 1.807) is 24.3 Å². The van der Waals surface area contributed by atoms with Gasteiger partial charge in [0.2, 0.25) is 10.0 Å². The Morgan fingerprint density at radius 1 is 1.05 bits per heavy atom. The molecule has 118 valence electrons. The van der Waals surface area contributed by atoms with Crippen molar-refractivity contribution in [1.29, 1.82) is 0 Å². The number of sulfonamides is 1. The van der Waals surface area contributed by atoms with Crippen LogP contribution in [0.1, 0.15) is 12.5 Å². The monoisotopic (exact) mass is 383 g/mol. The van der Waals surface area contributed by atoms with Crippen LogP contribution in [0.15, 0.2) is 57.9 Å². The zero-order valence-corrected chi connectivity index (χ0v) is 14.7. The molecule has 0 bridgehead atoms. The second-order valence-electron chi connectivity index (χ2n) is 4.68. The molecule has 0 unspecified atom stereocenters. The highest BCUT2D eigenvalue weighted by molar-refractivity contribution is 9.10. The summed E-state index contributed by atoms with van der Waals surface area (Å²) in [5, 5.41) is 0. The number of hydrogen-bond donors (Lipinski definition) is 1. The second-order valence-corrected chi connectivity index (χ2v) is 7.36. The van der Waals surface area contributed by atoms with Crippen molar-refractivity contribution in [3.05, 3.63) is 58.6 Å². The summed E-state index contributed by atoms with van der Waals surface area (Å²) in [6.07, 6.45) is 0.627. The van der Waals surface area contributed by atoms with Crippen molar-refractivity contribution in [3.8, 4) is 5.75 Å². The highest BCUT2D eigenvalue weighted by Gasteiger charge is 2.12. The van der Waals surface area contributed by atoms with Gasteiger partial charge in [-0.25, -0.2) is 13.1 Å². The molecule has 2 aromatic rings. The molecular weight excluding hydrogens is 366 g/mol. The fourth-order valence-electron chi connectivity index (χ4n) is 1.95. The van der Waals surface area contributed by atoms with Crippen LogP contribution in [0, 0.1) is 0 Å². The van der Waals surface area contributed by atoms with E-state index < -0.39 is 10.0 Å². The molecule has 0 heterocycles. The van der Waals surface area contributed by atoms with E-state index in [2.05, 4.69) is 20.7 Å². The molecule has 0 amide bonds. The Bertz CT molecular complexity index is 697. The van der Waals surface area contributed by atoms with Gasteiger partial charge in [0.15, 0.2) is 0 Å². The van der Waals surface area contributed by atoms with Gasteiger partial charge in [0.25, 0.3) is 0 Å². The predicted molar refractivity (Wildman–Crippen MR) is 90.6 cm³/mol. The van der Waals surface area contributed by atoms with Gasteiger partial charge in [-0.2, -0.15) is 0 Å². The predicted octanol–water partition coefficient (Wildman–Crippen LogP) is 3.37. The molecule has 0 fully saturated rings.